The molecule has 5 atom stereocenters. The predicted molar refractivity (Wildman–Crippen MR) is 316 cm³/mol. The maximum Gasteiger partial charge on any atom is 0.338 e. The number of rotatable bonds is 19. The van der Waals surface area contributed by atoms with Gasteiger partial charge < -0.3 is 80.5 Å². The van der Waals surface area contributed by atoms with Crippen LogP contribution in [0.3, 0.4) is 0 Å². The van der Waals surface area contributed by atoms with E-state index in [1.807, 2.05) is 0 Å². The highest BCUT2D eigenvalue weighted by atomic mass is 16.6. The number of hydrogen-bond acceptors (Lipinski definition) is 32. The van der Waals surface area contributed by atoms with Gasteiger partial charge in [0.1, 0.15) is 40.6 Å². The van der Waals surface area contributed by atoms with Crippen LogP contribution >= 0.6 is 0 Å². The zero-order valence-corrected chi connectivity index (χ0v) is 53.9. The second-order valence-corrected chi connectivity index (χ2v) is 20.9. The molecule has 0 bridgehead atoms. The maximum absolute atomic E-state index is 15.1. The lowest BCUT2D eigenvalue weighted by Crippen LogP contribution is -2.40. The van der Waals surface area contributed by atoms with Crippen molar-refractivity contribution in [1.82, 2.24) is 0 Å². The summed E-state index contributed by atoms with van der Waals surface area (Å²) in [6.45, 7) is 13.4. The molecule has 0 unspecified atom stereocenters. The zero-order chi connectivity index (χ0) is 71.8. The van der Waals surface area contributed by atoms with Crippen LogP contribution in [-0.4, -0.2) is 102 Å². The van der Waals surface area contributed by atoms with Gasteiger partial charge >= 0.3 is 89.5 Å². The standard InChI is InChI=1S/C65H58O32/c1-25(66)81-42-21-45(83-27(3)68)55-46(22-42)95-59(40-17-50(87-31(7)72)62(92-36(12)77)51(18-40)88-32(8)73)64(94-38(14)79)57(55)56-47(84-28(4)69)24-44(82-26(2)67)43-23-54(96-65(80)41-19-52(89-33(9)74)63(93-37(13)78)53(20-41)90-34(10)75)58(97-60(43)56)39-15-48(85-29(5)70)61(91-35(11)76)49(16-39)86-30(6)71/h15-22,24,54,57-59,64H,23H2,1-14H3/t54-,57+,58-,59-,64-/m1/s1. The average molecular weight is 1350 g/mol. The van der Waals surface area contributed by atoms with E-state index in [0.29, 0.717) is 0 Å². The van der Waals surface area contributed by atoms with E-state index in [0.717, 1.165) is 152 Å². The number of esters is 15. The number of benzene rings is 5. The molecule has 0 saturated carbocycles. The minimum atomic E-state index is -2.04. The van der Waals surface area contributed by atoms with Gasteiger partial charge in [0.15, 0.2) is 52.8 Å². The molecule has 0 aromatic heterocycles. The largest absolute Gasteiger partial charge is 0.481 e. The van der Waals surface area contributed by atoms with Crippen LogP contribution in [0.25, 0.3) is 0 Å². The van der Waals surface area contributed by atoms with Gasteiger partial charge in [0.05, 0.1) is 11.5 Å². The fraction of sp³-hybridized carbons (Fsp3) is 0.308. The monoisotopic (exact) mass is 1350 g/mol. The molecule has 0 fully saturated rings. The molecule has 7 rings (SSSR count). The minimum Gasteiger partial charge on any atom is -0.481 e. The first-order chi connectivity index (χ1) is 45.5. The molecule has 32 heteroatoms. The van der Waals surface area contributed by atoms with Crippen molar-refractivity contribution in [3.63, 3.8) is 0 Å². The topological polar surface area (TPSA) is 413 Å². The average Bonchev–Trinajstić information content (AvgIpc) is 0.719. The van der Waals surface area contributed by atoms with E-state index in [1.165, 1.54) is 0 Å². The summed E-state index contributed by atoms with van der Waals surface area (Å²) in [4.78, 5) is 196. The van der Waals surface area contributed by atoms with Crippen LogP contribution in [0, 0.1) is 0 Å². The number of fused-ring (bicyclic) bond motifs is 2. The summed E-state index contributed by atoms with van der Waals surface area (Å²) in [5.41, 5.74) is -2.37. The summed E-state index contributed by atoms with van der Waals surface area (Å²) >= 11 is 0. The number of carbonyl (C=O) groups is 15. The molecule has 5 aromatic carbocycles. The molecule has 0 amide bonds. The Morgan fingerprint density at radius 3 is 1.03 bits per heavy atom. The fourth-order valence-corrected chi connectivity index (χ4v) is 10.1. The van der Waals surface area contributed by atoms with Gasteiger partial charge in [-0.25, -0.2) is 4.79 Å². The molecular formula is C65H58O32. The molecule has 0 saturated heterocycles. The Morgan fingerprint density at radius 2 is 0.660 bits per heavy atom. The lowest BCUT2D eigenvalue weighted by molar-refractivity contribution is -0.154. The lowest BCUT2D eigenvalue weighted by Gasteiger charge is -2.42. The highest BCUT2D eigenvalue weighted by molar-refractivity contribution is 5.93. The molecule has 510 valence electrons. The Balaban J connectivity index is 1.69. The fourth-order valence-electron chi connectivity index (χ4n) is 10.1. The van der Waals surface area contributed by atoms with Crippen LogP contribution in [-0.2, 0) is 83.0 Å². The smallest absolute Gasteiger partial charge is 0.338 e. The van der Waals surface area contributed by atoms with E-state index in [9.17, 15) is 67.1 Å². The quantitative estimate of drug-likeness (QED) is 0.0604. The zero-order valence-electron chi connectivity index (χ0n) is 53.9. The van der Waals surface area contributed by atoms with Crippen LogP contribution in [0.5, 0.6) is 86.2 Å². The van der Waals surface area contributed by atoms with Crippen molar-refractivity contribution in [2.24, 2.45) is 0 Å². The second-order valence-electron chi connectivity index (χ2n) is 20.9. The Hall–Kier alpha value is -12.3. The second kappa shape index (κ2) is 30.2. The van der Waals surface area contributed by atoms with E-state index in [-0.39, 0.29) is 28.0 Å². The molecule has 5 aromatic rings. The molecule has 32 nitrogen and oxygen atoms in total. The van der Waals surface area contributed by atoms with Crippen molar-refractivity contribution in [2.45, 2.75) is 134 Å². The van der Waals surface area contributed by atoms with E-state index >= 15 is 4.79 Å². The van der Waals surface area contributed by atoms with Gasteiger partial charge in [0.2, 0.25) is 17.2 Å². The molecule has 0 spiro atoms. The Bertz CT molecular complexity index is 4080. The molecule has 0 aliphatic carbocycles. The van der Waals surface area contributed by atoms with Crippen molar-refractivity contribution < 1.29 is 152 Å². The number of hydrogen-bond donors (Lipinski definition) is 0. The van der Waals surface area contributed by atoms with Crippen LogP contribution in [0.1, 0.15) is 153 Å². The van der Waals surface area contributed by atoms with Gasteiger partial charge in [-0.3, -0.25) is 67.1 Å². The van der Waals surface area contributed by atoms with E-state index in [1.54, 1.807) is 0 Å². The lowest BCUT2D eigenvalue weighted by atomic mass is 9.77. The Morgan fingerprint density at radius 1 is 0.320 bits per heavy atom. The molecule has 2 heterocycles. The van der Waals surface area contributed by atoms with Gasteiger partial charge in [-0.15, -0.1) is 0 Å². The molecule has 2 aliphatic rings. The first-order valence-corrected chi connectivity index (χ1v) is 28.5. The van der Waals surface area contributed by atoms with Gasteiger partial charge in [-0.05, 0) is 36.4 Å². The summed E-state index contributed by atoms with van der Waals surface area (Å²) in [6, 6.07) is 8.95. The third kappa shape index (κ3) is 18.1. The summed E-state index contributed by atoms with van der Waals surface area (Å²) in [5, 5.41) is 0. The van der Waals surface area contributed by atoms with Crippen molar-refractivity contribution in [2.75, 3.05) is 0 Å². The van der Waals surface area contributed by atoms with Crippen LogP contribution in [0.2, 0.25) is 0 Å². The van der Waals surface area contributed by atoms with Gasteiger partial charge in [0.25, 0.3) is 0 Å². The van der Waals surface area contributed by atoms with E-state index in [4.69, 9.17) is 80.5 Å². The van der Waals surface area contributed by atoms with Crippen LogP contribution in [0.4, 0.5) is 0 Å². The SMILES string of the molecule is CC(=O)Oc1cc(OC(C)=O)c2c(c1)O[C@H](c1cc(OC(C)=O)c(OC(C)=O)c(OC(C)=O)c1)[C@H](OC(C)=O)[C@@H]2c1c(OC(C)=O)cc(OC(C)=O)c2c1O[C@H](c1cc(OC(C)=O)c(OC(C)=O)c(OC(C)=O)c1)[C@H](OC(=O)c1cc(OC(C)=O)c(OC(C)=O)c(OC(C)=O)c1)C2. The molecule has 2 aliphatic heterocycles. The summed E-state index contributed by atoms with van der Waals surface area (Å²) < 4.78 is 98.0. The van der Waals surface area contributed by atoms with Crippen molar-refractivity contribution >= 4 is 89.5 Å². The summed E-state index contributed by atoms with van der Waals surface area (Å²) in [5.74, 6) is -26.9. The summed E-state index contributed by atoms with van der Waals surface area (Å²) in [6.07, 6.45) is -8.64. The molecule has 0 radical (unpaired) electrons. The van der Waals surface area contributed by atoms with Crippen molar-refractivity contribution in [1.29, 1.82) is 0 Å². The van der Waals surface area contributed by atoms with Gasteiger partial charge in [0, 0.05) is 149 Å². The first kappa shape index (κ1) is 72.2. The van der Waals surface area contributed by atoms with E-state index < -0.39 is 218 Å². The highest BCUT2D eigenvalue weighted by Crippen LogP contribution is 2.60. The van der Waals surface area contributed by atoms with Crippen molar-refractivity contribution in [3.05, 3.63) is 88.0 Å². The van der Waals surface area contributed by atoms with E-state index in [2.05, 4.69) is 0 Å². The van der Waals surface area contributed by atoms with Gasteiger partial charge in [-0.1, -0.05) is 0 Å². The highest BCUT2D eigenvalue weighted by Gasteiger charge is 2.51. The Labute approximate surface area is 548 Å². The predicted octanol–water partition coefficient (Wildman–Crippen LogP) is 6.81. The van der Waals surface area contributed by atoms with Crippen molar-refractivity contribution in [3.8, 4) is 86.2 Å². The molecule has 0 N–H and O–H groups in total. The maximum atomic E-state index is 15.1. The number of ether oxygens (including phenoxy) is 17. The first-order valence-electron chi connectivity index (χ1n) is 28.5. The normalized spacial score (nSPS) is 15.5. The van der Waals surface area contributed by atoms with Gasteiger partial charge in [-0.2, -0.15) is 0 Å². The molecule has 97 heavy (non-hydrogen) atoms. The Kier molecular flexibility index (Phi) is 22.5. The molecular weight excluding hydrogens is 1290 g/mol. The minimum absolute atomic E-state index is 0.277. The van der Waals surface area contributed by atoms with Crippen LogP contribution < -0.4 is 71.1 Å². The number of carbonyl (C=O) groups excluding carboxylic acids is 15. The summed E-state index contributed by atoms with van der Waals surface area (Å²) in [7, 11) is 0. The van der Waals surface area contributed by atoms with Crippen LogP contribution in [0.15, 0.2) is 54.6 Å². The third-order valence-electron chi connectivity index (χ3n) is 12.8. The third-order valence-corrected chi connectivity index (χ3v) is 12.8.